The first-order valence-electron chi connectivity index (χ1n) is 8.24. The van der Waals surface area contributed by atoms with Crippen molar-refractivity contribution in [2.45, 2.75) is 48.4 Å². The van der Waals surface area contributed by atoms with Gasteiger partial charge in [-0.1, -0.05) is 31.4 Å². The minimum Gasteiger partial charge on any atom is -0.228 e. The van der Waals surface area contributed by atoms with E-state index < -0.39 is 30.9 Å². The highest BCUT2D eigenvalue weighted by molar-refractivity contribution is 7.93. The predicted octanol–water partition coefficient (Wildman–Crippen LogP) is 2.09. The van der Waals surface area contributed by atoms with E-state index in [1.807, 2.05) is 0 Å². The fourth-order valence-corrected chi connectivity index (χ4v) is 7.49. The van der Waals surface area contributed by atoms with Crippen LogP contribution in [0.5, 0.6) is 0 Å². The molecule has 1 aliphatic heterocycles. The molecule has 5 nitrogen and oxygen atoms in total. The van der Waals surface area contributed by atoms with Crippen molar-refractivity contribution >= 4 is 19.9 Å². The van der Waals surface area contributed by atoms with E-state index in [0.29, 0.717) is 18.4 Å². The topological polar surface area (TPSA) is 71.5 Å². The molecule has 1 aromatic carbocycles. The lowest BCUT2D eigenvalue weighted by Crippen LogP contribution is -2.58. The predicted molar refractivity (Wildman–Crippen MR) is 90.2 cm³/mol. The van der Waals surface area contributed by atoms with Crippen molar-refractivity contribution in [1.82, 2.24) is 4.31 Å². The Balaban J connectivity index is 1.61. The number of hydrogen-bond donors (Lipinski definition) is 0. The molecule has 0 bridgehead atoms. The maximum Gasteiger partial charge on any atom is 0.218 e. The summed E-state index contributed by atoms with van der Waals surface area (Å²) < 4.78 is 64.0. The average Bonchev–Trinajstić information content (AvgIpc) is 2.48. The molecular formula is C16H22FNO4S2. The van der Waals surface area contributed by atoms with Crippen LogP contribution in [0.25, 0.3) is 0 Å². The molecule has 2 aliphatic rings. The van der Waals surface area contributed by atoms with Gasteiger partial charge in [0.1, 0.15) is 5.82 Å². The molecule has 0 atom stereocenters. The van der Waals surface area contributed by atoms with Crippen LogP contribution in [0, 0.1) is 5.82 Å². The summed E-state index contributed by atoms with van der Waals surface area (Å²) in [6, 6.07) is 5.31. The first-order valence-corrected chi connectivity index (χ1v) is 11.5. The third-order valence-corrected chi connectivity index (χ3v) is 9.36. The van der Waals surface area contributed by atoms with Gasteiger partial charge in [0.2, 0.25) is 10.0 Å². The molecule has 1 saturated heterocycles. The Kier molecular flexibility index (Phi) is 4.99. The Morgan fingerprint density at radius 1 is 0.917 bits per heavy atom. The normalized spacial score (nSPS) is 21.5. The minimum absolute atomic E-state index is 0.0440. The largest absolute Gasteiger partial charge is 0.228 e. The molecule has 1 saturated carbocycles. The minimum atomic E-state index is -3.57. The van der Waals surface area contributed by atoms with Gasteiger partial charge in [-0.15, -0.1) is 0 Å². The zero-order valence-corrected chi connectivity index (χ0v) is 15.0. The Morgan fingerprint density at radius 3 is 2.08 bits per heavy atom. The lowest BCUT2D eigenvalue weighted by atomic mass is 10.0. The van der Waals surface area contributed by atoms with Crippen molar-refractivity contribution in [1.29, 1.82) is 0 Å². The molecule has 1 heterocycles. The molecule has 8 heteroatoms. The summed E-state index contributed by atoms with van der Waals surface area (Å²) in [4.78, 5) is 0. The van der Waals surface area contributed by atoms with Gasteiger partial charge in [0.05, 0.1) is 16.3 Å². The smallest absolute Gasteiger partial charge is 0.218 e. The quantitative estimate of drug-likeness (QED) is 0.790. The molecule has 0 amide bonds. The van der Waals surface area contributed by atoms with Crippen molar-refractivity contribution in [3.05, 3.63) is 35.6 Å². The van der Waals surface area contributed by atoms with E-state index in [1.165, 1.54) is 28.6 Å². The van der Waals surface area contributed by atoms with Gasteiger partial charge in [-0.3, -0.25) is 0 Å². The van der Waals surface area contributed by atoms with Crippen LogP contribution in [0.1, 0.15) is 37.7 Å². The second-order valence-electron chi connectivity index (χ2n) is 6.67. The zero-order chi connectivity index (χ0) is 17.4. The number of hydrogen-bond acceptors (Lipinski definition) is 4. The second-order valence-corrected chi connectivity index (χ2v) is 11.2. The summed E-state index contributed by atoms with van der Waals surface area (Å²) in [6.45, 7) is 0.0880. The third kappa shape index (κ3) is 3.65. The summed E-state index contributed by atoms with van der Waals surface area (Å²) in [5.41, 5.74) is 0.495. The van der Waals surface area contributed by atoms with E-state index in [1.54, 1.807) is 0 Å². The molecule has 24 heavy (non-hydrogen) atoms. The lowest BCUT2D eigenvalue weighted by molar-refractivity contribution is 0.306. The highest BCUT2D eigenvalue weighted by Crippen LogP contribution is 2.31. The fourth-order valence-electron chi connectivity index (χ4n) is 3.38. The zero-order valence-electron chi connectivity index (χ0n) is 13.4. The number of sulfonamides is 1. The van der Waals surface area contributed by atoms with Crippen LogP contribution in [0.3, 0.4) is 0 Å². The van der Waals surface area contributed by atoms with Gasteiger partial charge in [-0.25, -0.2) is 21.2 Å². The van der Waals surface area contributed by atoms with Crippen molar-refractivity contribution in [2.75, 3.05) is 13.1 Å². The summed E-state index contributed by atoms with van der Waals surface area (Å²) in [7, 11) is -6.82. The van der Waals surface area contributed by atoms with E-state index >= 15 is 0 Å². The third-order valence-electron chi connectivity index (χ3n) is 4.95. The molecule has 3 rings (SSSR count). The molecule has 1 aromatic rings. The summed E-state index contributed by atoms with van der Waals surface area (Å²) >= 11 is 0. The van der Waals surface area contributed by atoms with Gasteiger partial charge in [0.25, 0.3) is 0 Å². The summed E-state index contributed by atoms with van der Waals surface area (Å²) in [5, 5.41) is -0.887. The number of benzene rings is 1. The van der Waals surface area contributed by atoms with Crippen molar-refractivity contribution < 1.29 is 21.2 Å². The van der Waals surface area contributed by atoms with Gasteiger partial charge in [-0.2, -0.15) is 4.31 Å². The van der Waals surface area contributed by atoms with Crippen LogP contribution < -0.4 is 0 Å². The van der Waals surface area contributed by atoms with Crippen LogP contribution in [-0.2, 0) is 25.6 Å². The second kappa shape index (κ2) is 6.72. The molecule has 0 spiro atoms. The van der Waals surface area contributed by atoms with Crippen LogP contribution in [0.2, 0.25) is 0 Å². The monoisotopic (exact) mass is 375 g/mol. The molecule has 134 valence electrons. The first kappa shape index (κ1) is 17.8. The molecule has 0 N–H and O–H groups in total. The van der Waals surface area contributed by atoms with E-state index in [9.17, 15) is 21.2 Å². The Hall–Kier alpha value is -0.990. The van der Waals surface area contributed by atoms with Crippen molar-refractivity contribution in [3.63, 3.8) is 0 Å². The first-order chi connectivity index (χ1) is 11.3. The maximum absolute atomic E-state index is 12.9. The molecule has 2 fully saturated rings. The molecule has 0 aromatic heterocycles. The Labute approximate surface area is 142 Å². The number of nitrogens with zero attached hydrogens (tertiary/aromatic N) is 1. The van der Waals surface area contributed by atoms with Crippen LogP contribution in [0.4, 0.5) is 4.39 Å². The van der Waals surface area contributed by atoms with Crippen LogP contribution >= 0.6 is 0 Å². The van der Waals surface area contributed by atoms with Crippen molar-refractivity contribution in [2.24, 2.45) is 0 Å². The van der Waals surface area contributed by atoms with E-state index in [4.69, 9.17) is 0 Å². The van der Waals surface area contributed by atoms with Crippen LogP contribution in [0.15, 0.2) is 24.3 Å². The number of sulfone groups is 1. The standard InChI is InChI=1S/C16H22FNO4S2/c17-14-8-6-13(7-9-14)12-23(19,20)18-10-16(11-18)24(21,22)15-4-2-1-3-5-15/h6-9,15-16H,1-5,10-12H2. The van der Waals surface area contributed by atoms with E-state index in [-0.39, 0.29) is 24.1 Å². The van der Waals surface area contributed by atoms with E-state index in [2.05, 4.69) is 0 Å². The van der Waals surface area contributed by atoms with Gasteiger partial charge >= 0.3 is 0 Å². The summed E-state index contributed by atoms with van der Waals surface area (Å²) in [5.74, 6) is -0.650. The molecular weight excluding hydrogens is 353 g/mol. The Morgan fingerprint density at radius 2 is 1.50 bits per heavy atom. The van der Waals surface area contributed by atoms with Crippen LogP contribution in [-0.4, -0.2) is 44.7 Å². The SMILES string of the molecule is O=S(=O)(C1CCCCC1)C1CN(S(=O)(=O)Cc2ccc(F)cc2)C1. The average molecular weight is 375 g/mol. The van der Waals surface area contributed by atoms with Gasteiger partial charge in [0, 0.05) is 13.1 Å². The maximum atomic E-state index is 12.9. The van der Waals surface area contributed by atoms with E-state index in [0.717, 1.165) is 19.3 Å². The molecule has 0 unspecified atom stereocenters. The lowest BCUT2D eigenvalue weighted by Gasteiger charge is -2.39. The Bertz CT molecular complexity index is 778. The number of halogens is 1. The highest BCUT2D eigenvalue weighted by atomic mass is 32.2. The highest BCUT2D eigenvalue weighted by Gasteiger charge is 2.45. The number of rotatable bonds is 5. The van der Waals surface area contributed by atoms with Gasteiger partial charge in [0.15, 0.2) is 9.84 Å². The fraction of sp³-hybridized carbons (Fsp3) is 0.625. The molecule has 1 aliphatic carbocycles. The van der Waals surface area contributed by atoms with Gasteiger partial charge < -0.3 is 0 Å². The molecule has 0 radical (unpaired) electrons. The van der Waals surface area contributed by atoms with Crippen molar-refractivity contribution in [3.8, 4) is 0 Å². The van der Waals surface area contributed by atoms with Gasteiger partial charge in [-0.05, 0) is 30.5 Å². The summed E-state index contributed by atoms with van der Waals surface area (Å²) in [6.07, 6.45) is 4.34.